The molecule has 0 atom stereocenters. The Bertz CT molecular complexity index is 1260. The van der Waals surface area contributed by atoms with Gasteiger partial charge in [0.15, 0.2) is 0 Å². The molecule has 4 rings (SSSR count). The molecule has 178 valence electrons. The summed E-state index contributed by atoms with van der Waals surface area (Å²) in [6, 6.07) is 10.4. The van der Waals surface area contributed by atoms with Gasteiger partial charge in [0.1, 0.15) is 17.1 Å². The first-order valence-corrected chi connectivity index (χ1v) is 10.6. The Balaban J connectivity index is 1.37. The van der Waals surface area contributed by atoms with Crippen molar-refractivity contribution in [2.24, 2.45) is 0 Å². The van der Waals surface area contributed by atoms with E-state index in [0.717, 1.165) is 6.07 Å². The van der Waals surface area contributed by atoms with Crippen molar-refractivity contribution in [1.29, 1.82) is 0 Å². The van der Waals surface area contributed by atoms with Crippen LogP contribution in [0.5, 0.6) is 5.75 Å². The Morgan fingerprint density at radius 2 is 1.53 bits per heavy atom. The summed E-state index contributed by atoms with van der Waals surface area (Å²) in [7, 11) is 0. The van der Waals surface area contributed by atoms with Gasteiger partial charge in [-0.15, -0.1) is 0 Å². The van der Waals surface area contributed by atoms with Crippen LogP contribution in [0.4, 0.5) is 35.9 Å². The molecule has 3 aromatic carbocycles. The largest absolute Gasteiger partial charge is 0.490 e. The predicted octanol–water partition coefficient (Wildman–Crippen LogP) is 4.76. The summed E-state index contributed by atoms with van der Waals surface area (Å²) in [5, 5.41) is 16.2. The van der Waals surface area contributed by atoms with E-state index >= 15 is 0 Å². The molecular formula is C23H20F3N3O5. The SMILES string of the molecule is O=c1c(Nc2ccccc2C(F)(F)F)c(NC2CCC(Oc3ccc([N+](=O)[O-])cc3)CC2)c1=O. The first-order valence-electron chi connectivity index (χ1n) is 10.6. The van der Waals surface area contributed by atoms with Gasteiger partial charge >= 0.3 is 6.18 Å². The first kappa shape index (κ1) is 23.3. The number of nitro benzene ring substituents is 1. The molecule has 0 aromatic heterocycles. The molecule has 0 saturated heterocycles. The highest BCUT2D eigenvalue weighted by Crippen LogP contribution is 2.36. The van der Waals surface area contributed by atoms with E-state index in [9.17, 15) is 32.9 Å². The van der Waals surface area contributed by atoms with E-state index in [1.54, 1.807) is 0 Å². The van der Waals surface area contributed by atoms with Crippen molar-refractivity contribution in [3.8, 4) is 5.75 Å². The highest BCUT2D eigenvalue weighted by atomic mass is 19.4. The molecule has 0 amide bonds. The first-order chi connectivity index (χ1) is 16.1. The standard InChI is InChI=1S/C23H20F3N3O5/c24-23(25,26)17-3-1-2-4-18(17)28-20-19(21(30)22(20)31)27-13-5-9-15(10-6-13)34-16-11-7-14(8-12-16)29(32)33/h1-4,7-8,11-13,15,27-28H,5-6,9-10H2. The maximum atomic E-state index is 13.2. The molecular weight excluding hydrogens is 455 g/mol. The highest BCUT2D eigenvalue weighted by Gasteiger charge is 2.34. The lowest BCUT2D eigenvalue weighted by atomic mass is 9.92. The van der Waals surface area contributed by atoms with Crippen LogP contribution in [-0.2, 0) is 6.18 Å². The Hall–Kier alpha value is -3.89. The topological polar surface area (TPSA) is 111 Å². The monoisotopic (exact) mass is 475 g/mol. The molecule has 0 bridgehead atoms. The zero-order valence-electron chi connectivity index (χ0n) is 17.7. The number of hydrogen-bond acceptors (Lipinski definition) is 7. The molecule has 1 fully saturated rings. The van der Waals surface area contributed by atoms with E-state index in [1.807, 2.05) is 0 Å². The number of anilines is 3. The van der Waals surface area contributed by atoms with Crippen molar-refractivity contribution in [2.45, 2.75) is 44.0 Å². The van der Waals surface area contributed by atoms with Crippen molar-refractivity contribution in [1.82, 2.24) is 0 Å². The van der Waals surface area contributed by atoms with Gasteiger partial charge in [0.25, 0.3) is 16.5 Å². The lowest BCUT2D eigenvalue weighted by Crippen LogP contribution is -2.40. The number of nitrogens with one attached hydrogen (secondary N) is 2. The predicted molar refractivity (Wildman–Crippen MR) is 119 cm³/mol. The molecule has 11 heteroatoms. The van der Waals surface area contributed by atoms with Gasteiger partial charge in [0.2, 0.25) is 0 Å². The molecule has 0 aliphatic heterocycles. The van der Waals surface area contributed by atoms with Crippen molar-refractivity contribution >= 4 is 22.7 Å². The van der Waals surface area contributed by atoms with E-state index < -0.39 is 27.5 Å². The molecule has 0 heterocycles. The second kappa shape index (κ2) is 9.16. The molecule has 3 aromatic rings. The van der Waals surface area contributed by atoms with Crippen LogP contribution in [-0.4, -0.2) is 17.1 Å². The molecule has 0 unspecified atom stereocenters. The third kappa shape index (κ3) is 4.87. The Morgan fingerprint density at radius 1 is 0.912 bits per heavy atom. The zero-order chi connectivity index (χ0) is 24.5. The van der Waals surface area contributed by atoms with Crippen LogP contribution in [0.15, 0.2) is 58.1 Å². The summed E-state index contributed by atoms with van der Waals surface area (Å²) < 4.78 is 45.6. The van der Waals surface area contributed by atoms with Crippen LogP contribution in [0, 0.1) is 10.1 Å². The molecule has 34 heavy (non-hydrogen) atoms. The van der Waals surface area contributed by atoms with Crippen molar-refractivity contribution in [3.63, 3.8) is 0 Å². The molecule has 0 radical (unpaired) electrons. The molecule has 0 spiro atoms. The minimum atomic E-state index is -4.61. The van der Waals surface area contributed by atoms with Gasteiger partial charge in [0, 0.05) is 18.2 Å². The number of rotatable bonds is 7. The van der Waals surface area contributed by atoms with Gasteiger partial charge in [-0.05, 0) is 49.9 Å². The fourth-order valence-electron chi connectivity index (χ4n) is 3.99. The molecule has 8 nitrogen and oxygen atoms in total. The second-order valence-corrected chi connectivity index (χ2v) is 8.06. The lowest BCUT2D eigenvalue weighted by Gasteiger charge is -2.31. The average Bonchev–Trinajstić information content (AvgIpc) is 2.82. The number of nitro groups is 1. The summed E-state index contributed by atoms with van der Waals surface area (Å²) in [5.41, 5.74) is -3.09. The summed E-state index contributed by atoms with van der Waals surface area (Å²) in [4.78, 5) is 34.4. The number of halogens is 3. The van der Waals surface area contributed by atoms with Crippen molar-refractivity contribution in [2.75, 3.05) is 10.6 Å². The molecule has 1 aliphatic rings. The zero-order valence-corrected chi connectivity index (χ0v) is 17.7. The minimum Gasteiger partial charge on any atom is -0.490 e. The van der Waals surface area contributed by atoms with Crippen LogP contribution in [0.25, 0.3) is 0 Å². The van der Waals surface area contributed by atoms with Crippen LogP contribution >= 0.6 is 0 Å². The molecule has 2 N–H and O–H groups in total. The number of para-hydroxylation sites is 1. The van der Waals surface area contributed by atoms with E-state index in [4.69, 9.17) is 4.74 Å². The fraction of sp³-hybridized carbons (Fsp3) is 0.304. The normalized spacial score (nSPS) is 18.4. The van der Waals surface area contributed by atoms with Gasteiger partial charge in [-0.25, -0.2) is 0 Å². The van der Waals surface area contributed by atoms with E-state index in [-0.39, 0.29) is 34.9 Å². The number of alkyl halides is 3. The summed E-state index contributed by atoms with van der Waals surface area (Å²) in [6.45, 7) is 0. The number of ether oxygens (including phenoxy) is 1. The highest BCUT2D eigenvalue weighted by molar-refractivity contribution is 5.80. The summed E-state index contributed by atoms with van der Waals surface area (Å²) in [5.74, 6) is 0.513. The third-order valence-corrected chi connectivity index (χ3v) is 5.78. The minimum absolute atomic E-state index is 0.0123. The van der Waals surface area contributed by atoms with Gasteiger partial charge in [-0.3, -0.25) is 19.7 Å². The number of hydrogen-bond donors (Lipinski definition) is 2. The summed E-state index contributed by atoms with van der Waals surface area (Å²) >= 11 is 0. The van der Waals surface area contributed by atoms with E-state index in [0.29, 0.717) is 31.4 Å². The lowest BCUT2D eigenvalue weighted by molar-refractivity contribution is -0.384. The molecule has 1 saturated carbocycles. The Labute approximate surface area is 191 Å². The van der Waals surface area contributed by atoms with Gasteiger partial charge < -0.3 is 15.4 Å². The summed E-state index contributed by atoms with van der Waals surface area (Å²) in [6.07, 6.45) is -2.27. The smallest absolute Gasteiger partial charge is 0.418 e. The van der Waals surface area contributed by atoms with E-state index in [1.165, 1.54) is 42.5 Å². The number of non-ortho nitro benzene ring substituents is 1. The maximum Gasteiger partial charge on any atom is 0.418 e. The van der Waals surface area contributed by atoms with Crippen molar-refractivity contribution < 1.29 is 22.8 Å². The van der Waals surface area contributed by atoms with Crippen LogP contribution < -0.4 is 26.2 Å². The Morgan fingerprint density at radius 3 is 2.15 bits per heavy atom. The van der Waals surface area contributed by atoms with Crippen LogP contribution in [0.3, 0.4) is 0 Å². The van der Waals surface area contributed by atoms with Crippen LogP contribution in [0.2, 0.25) is 0 Å². The van der Waals surface area contributed by atoms with Crippen molar-refractivity contribution in [3.05, 3.63) is 84.7 Å². The second-order valence-electron chi connectivity index (χ2n) is 8.06. The number of nitrogens with zero attached hydrogens (tertiary/aromatic N) is 1. The average molecular weight is 475 g/mol. The van der Waals surface area contributed by atoms with Gasteiger partial charge in [0.05, 0.1) is 22.3 Å². The van der Waals surface area contributed by atoms with Gasteiger partial charge in [-0.1, -0.05) is 12.1 Å². The maximum absolute atomic E-state index is 13.2. The molecule has 1 aliphatic carbocycles. The number of benzene rings is 2. The third-order valence-electron chi connectivity index (χ3n) is 5.78. The quantitative estimate of drug-likeness (QED) is 0.288. The Kier molecular flexibility index (Phi) is 6.27. The van der Waals surface area contributed by atoms with Crippen LogP contribution in [0.1, 0.15) is 31.2 Å². The van der Waals surface area contributed by atoms with E-state index in [2.05, 4.69) is 10.6 Å². The fourth-order valence-corrected chi connectivity index (χ4v) is 3.99. The van der Waals surface area contributed by atoms with Gasteiger partial charge in [-0.2, -0.15) is 13.2 Å².